The van der Waals surface area contributed by atoms with Crippen LogP contribution in [0.1, 0.15) is 49.0 Å². The summed E-state index contributed by atoms with van der Waals surface area (Å²) in [6, 6.07) is 30.6. The van der Waals surface area contributed by atoms with E-state index in [1.165, 1.54) is 46.6 Å². The Labute approximate surface area is 271 Å². The van der Waals surface area contributed by atoms with E-state index in [4.69, 9.17) is 15.6 Å². The molecule has 0 saturated carbocycles. The summed E-state index contributed by atoms with van der Waals surface area (Å²) in [5.41, 5.74) is 1.58. The van der Waals surface area contributed by atoms with Crippen molar-refractivity contribution < 1.29 is 29.0 Å². The smallest absolute Gasteiger partial charge is 0.348 e. The molecule has 1 fully saturated rings. The van der Waals surface area contributed by atoms with Crippen LogP contribution >= 0.6 is 0 Å². The summed E-state index contributed by atoms with van der Waals surface area (Å²) in [6.45, 7) is 2.50. The van der Waals surface area contributed by atoms with Gasteiger partial charge in [0.15, 0.2) is 6.29 Å². The number of nitriles is 2. The molecule has 9 nitrogen and oxygen atoms in total. The van der Waals surface area contributed by atoms with Crippen LogP contribution in [0.5, 0.6) is 0 Å². The Morgan fingerprint density at radius 1 is 0.783 bits per heavy atom. The zero-order valence-corrected chi connectivity index (χ0v) is 25.9. The number of aliphatic hydroxyl groups is 1. The number of nitrogens with zero attached hydrogens (tertiary/aromatic N) is 2. The summed E-state index contributed by atoms with van der Waals surface area (Å²) >= 11 is 0. The van der Waals surface area contributed by atoms with E-state index in [0.717, 1.165) is 46.1 Å². The minimum absolute atomic E-state index is 0. The first-order valence-electron chi connectivity index (χ1n) is 14.2. The quantitative estimate of drug-likeness (QED) is 0.110. The summed E-state index contributed by atoms with van der Waals surface area (Å²) in [7, 11) is 3.51. The number of aldehydes is 1. The molecular formula is C37H43N3O6. The van der Waals surface area contributed by atoms with Crippen molar-refractivity contribution >= 4 is 45.8 Å². The molecule has 0 radical (unpaired) electrons. The number of esters is 2. The van der Waals surface area contributed by atoms with Crippen LogP contribution < -0.4 is 5.32 Å². The van der Waals surface area contributed by atoms with Crippen LogP contribution in [0.2, 0.25) is 0 Å². The van der Waals surface area contributed by atoms with Gasteiger partial charge in [-0.05, 0) is 59.1 Å². The van der Waals surface area contributed by atoms with Gasteiger partial charge in [0.25, 0.3) is 0 Å². The molecule has 0 unspecified atom stereocenters. The van der Waals surface area contributed by atoms with Gasteiger partial charge in [0.2, 0.25) is 0 Å². The highest BCUT2D eigenvalue weighted by molar-refractivity contribution is 6.01. The van der Waals surface area contributed by atoms with Gasteiger partial charge in [0.05, 0.1) is 20.3 Å². The number of ether oxygens (including phenoxy) is 2. The zero-order valence-electron chi connectivity index (χ0n) is 25.9. The van der Waals surface area contributed by atoms with Gasteiger partial charge in [-0.15, -0.1) is 0 Å². The lowest BCUT2D eigenvalue weighted by molar-refractivity contribution is -0.139. The number of carbonyl (C=O) groups excluding carboxylic acids is 3. The van der Waals surface area contributed by atoms with Crippen molar-refractivity contribution in [3.8, 4) is 12.1 Å². The highest BCUT2D eigenvalue weighted by atomic mass is 16.5. The van der Waals surface area contributed by atoms with E-state index in [9.17, 15) is 14.4 Å². The normalized spacial score (nSPS) is 11.2. The Morgan fingerprint density at radius 2 is 1.28 bits per heavy atom. The van der Waals surface area contributed by atoms with Crippen molar-refractivity contribution in [1.29, 1.82) is 10.5 Å². The SMILES string of the molecule is C.C1CCNCC1.CO.COC(=O)/C(C#N)=C/c1cccc2ccccc12.COC(=O)CC#N.O=Cc1cccc2ccccc12. The van der Waals surface area contributed by atoms with E-state index < -0.39 is 11.9 Å². The fourth-order valence-corrected chi connectivity index (χ4v) is 4.07. The molecule has 9 heteroatoms. The largest absolute Gasteiger partial charge is 0.468 e. The Morgan fingerprint density at radius 3 is 1.67 bits per heavy atom. The number of fused-ring (bicyclic) bond motifs is 2. The van der Waals surface area contributed by atoms with Crippen LogP contribution in [0, 0.1) is 22.7 Å². The number of nitrogens with one attached hydrogen (secondary N) is 1. The maximum atomic E-state index is 11.4. The molecule has 1 saturated heterocycles. The second-order valence-corrected chi connectivity index (χ2v) is 9.14. The van der Waals surface area contributed by atoms with Gasteiger partial charge in [-0.3, -0.25) is 9.59 Å². The number of benzene rings is 4. The van der Waals surface area contributed by atoms with Crippen molar-refractivity contribution in [1.82, 2.24) is 5.32 Å². The van der Waals surface area contributed by atoms with Crippen LogP contribution in [0.3, 0.4) is 0 Å². The molecule has 0 bridgehead atoms. The van der Waals surface area contributed by atoms with Crippen molar-refractivity contribution in [2.75, 3.05) is 34.4 Å². The highest BCUT2D eigenvalue weighted by Crippen LogP contribution is 2.21. The molecule has 1 aliphatic rings. The Hall–Kier alpha value is -5.35. The molecule has 0 atom stereocenters. The number of hydrogen-bond donors (Lipinski definition) is 2. The minimum atomic E-state index is -0.620. The van der Waals surface area contributed by atoms with Gasteiger partial charge in [0.1, 0.15) is 18.1 Å². The summed E-state index contributed by atoms with van der Waals surface area (Å²) < 4.78 is 8.69. The first-order valence-corrected chi connectivity index (χ1v) is 14.2. The van der Waals surface area contributed by atoms with Crippen LogP contribution in [-0.4, -0.2) is 57.8 Å². The fraction of sp³-hybridized carbons (Fsp3) is 0.270. The monoisotopic (exact) mass is 625 g/mol. The van der Waals surface area contributed by atoms with E-state index in [2.05, 4.69) is 14.8 Å². The van der Waals surface area contributed by atoms with Gasteiger partial charge in [-0.25, -0.2) is 4.79 Å². The average molecular weight is 626 g/mol. The maximum absolute atomic E-state index is 11.4. The van der Waals surface area contributed by atoms with Gasteiger partial charge in [0, 0.05) is 12.7 Å². The van der Waals surface area contributed by atoms with E-state index >= 15 is 0 Å². The summed E-state index contributed by atoms with van der Waals surface area (Å²) in [4.78, 5) is 32.0. The van der Waals surface area contributed by atoms with Crippen molar-refractivity contribution in [2.45, 2.75) is 33.1 Å². The third kappa shape index (κ3) is 14.4. The molecule has 46 heavy (non-hydrogen) atoms. The van der Waals surface area contributed by atoms with E-state index in [1.807, 2.05) is 91.0 Å². The standard InChI is InChI=1S/C15H11NO2.C11H8O.C5H11N.C4H5NO2.CH4O.CH4/c1-18-15(17)13(10-16)9-12-7-4-6-11-5-2-3-8-14(11)12;12-8-10-6-3-5-9-4-1-2-7-11(9)10;1-2-4-6-5-3-1;1-7-4(6)2-3-5;1-2;/h2-9H,1H3;1-8H;6H,1-5H2;2H2,1H3;2H,1H3;1H4/b13-9+;;;;;. The van der Waals surface area contributed by atoms with Gasteiger partial charge >= 0.3 is 11.9 Å². The molecule has 4 aromatic rings. The lowest BCUT2D eigenvalue weighted by Gasteiger charge is -2.08. The number of aliphatic hydroxyl groups excluding tert-OH is 1. The van der Waals surface area contributed by atoms with E-state index in [0.29, 0.717) is 0 Å². The van der Waals surface area contributed by atoms with Crippen LogP contribution in [0.25, 0.3) is 27.6 Å². The minimum Gasteiger partial charge on any atom is -0.468 e. The average Bonchev–Trinajstić information content (AvgIpc) is 3.12. The van der Waals surface area contributed by atoms with Crippen molar-refractivity contribution in [2.24, 2.45) is 0 Å². The lowest BCUT2D eigenvalue weighted by atomic mass is 10.0. The first-order chi connectivity index (χ1) is 22.0. The number of carbonyl (C=O) groups is 3. The number of piperidine rings is 1. The second-order valence-electron chi connectivity index (χ2n) is 9.14. The fourth-order valence-electron chi connectivity index (χ4n) is 4.07. The molecule has 1 heterocycles. The molecule has 2 N–H and O–H groups in total. The molecule has 0 amide bonds. The van der Waals surface area contributed by atoms with E-state index in [-0.39, 0.29) is 19.4 Å². The zero-order chi connectivity index (χ0) is 33.3. The van der Waals surface area contributed by atoms with Crippen LogP contribution in [0.4, 0.5) is 0 Å². The third-order valence-corrected chi connectivity index (χ3v) is 6.26. The maximum Gasteiger partial charge on any atom is 0.348 e. The number of rotatable bonds is 4. The van der Waals surface area contributed by atoms with Crippen molar-refractivity contribution in [3.05, 3.63) is 102 Å². The molecule has 242 valence electrons. The molecule has 1 aliphatic heterocycles. The molecular weight excluding hydrogens is 582 g/mol. The van der Waals surface area contributed by atoms with Crippen molar-refractivity contribution in [3.63, 3.8) is 0 Å². The third-order valence-electron chi connectivity index (χ3n) is 6.26. The highest BCUT2D eigenvalue weighted by Gasteiger charge is 2.09. The summed E-state index contributed by atoms with van der Waals surface area (Å²) in [6.07, 6.45) is 6.50. The topological polar surface area (TPSA) is 150 Å². The molecule has 0 aliphatic carbocycles. The van der Waals surface area contributed by atoms with Crippen LogP contribution in [-0.2, 0) is 19.1 Å². The summed E-state index contributed by atoms with van der Waals surface area (Å²) in [5.74, 6) is -1.10. The second kappa shape index (κ2) is 25.0. The number of methoxy groups -OCH3 is 2. The predicted molar refractivity (Wildman–Crippen MR) is 183 cm³/mol. The first kappa shape index (κ1) is 40.6. The molecule has 5 rings (SSSR count). The van der Waals surface area contributed by atoms with Gasteiger partial charge < -0.3 is 19.9 Å². The molecule has 4 aromatic carbocycles. The molecule has 0 aromatic heterocycles. The molecule has 0 spiro atoms. The Kier molecular flexibility index (Phi) is 22.1. The number of hydrogen-bond acceptors (Lipinski definition) is 9. The Bertz CT molecular complexity index is 1590. The lowest BCUT2D eigenvalue weighted by Crippen LogP contribution is -2.21. The van der Waals surface area contributed by atoms with Crippen LogP contribution in [0.15, 0.2) is 90.5 Å². The summed E-state index contributed by atoms with van der Waals surface area (Å²) in [5, 5.41) is 31.2. The van der Waals surface area contributed by atoms with Gasteiger partial charge in [-0.2, -0.15) is 10.5 Å². The van der Waals surface area contributed by atoms with Gasteiger partial charge in [-0.1, -0.05) is 98.8 Å². The van der Waals surface area contributed by atoms with E-state index in [1.54, 1.807) is 12.1 Å². The Balaban J connectivity index is 0.000000624. The predicted octanol–water partition coefficient (Wildman–Crippen LogP) is 6.65.